The second-order valence-electron chi connectivity index (χ2n) is 11.3. The summed E-state index contributed by atoms with van der Waals surface area (Å²) in [6.45, 7) is 5.35. The van der Waals surface area contributed by atoms with Gasteiger partial charge in [-0.05, 0) is 12.8 Å². The molecule has 0 aromatic carbocycles. The highest BCUT2D eigenvalue weighted by molar-refractivity contribution is 5.69. The van der Waals surface area contributed by atoms with Crippen molar-refractivity contribution >= 4 is 5.97 Å². The maximum absolute atomic E-state index is 12.0. The van der Waals surface area contributed by atoms with Crippen molar-refractivity contribution in [2.75, 3.05) is 19.8 Å². The SMILES string of the molecule is CCCCCCCCCCCCCCCCCCOCC(CO)OC(=O)CCCCCCCCCCC. The molecule has 0 saturated heterocycles. The van der Waals surface area contributed by atoms with Gasteiger partial charge in [-0.1, -0.05) is 162 Å². The third-order valence-corrected chi connectivity index (χ3v) is 7.43. The molecule has 0 aliphatic rings. The van der Waals surface area contributed by atoms with Gasteiger partial charge >= 0.3 is 5.97 Å². The second-order valence-corrected chi connectivity index (χ2v) is 11.3. The summed E-state index contributed by atoms with van der Waals surface area (Å²) in [5, 5.41) is 9.49. The molecule has 0 aromatic heterocycles. The van der Waals surface area contributed by atoms with Crippen LogP contribution in [0.15, 0.2) is 0 Å². The van der Waals surface area contributed by atoms with E-state index in [0.717, 1.165) is 19.3 Å². The first kappa shape index (κ1) is 36.4. The van der Waals surface area contributed by atoms with Crippen LogP contribution in [0, 0.1) is 0 Å². The Morgan fingerprint density at radius 2 is 0.892 bits per heavy atom. The van der Waals surface area contributed by atoms with Crippen LogP contribution in [0.25, 0.3) is 0 Å². The fraction of sp³-hybridized carbons (Fsp3) is 0.970. The Bertz CT molecular complexity index is 440. The molecule has 0 spiro atoms. The lowest BCUT2D eigenvalue weighted by Gasteiger charge is -2.16. The summed E-state index contributed by atoms with van der Waals surface area (Å²) in [5.41, 5.74) is 0. The summed E-state index contributed by atoms with van der Waals surface area (Å²) in [6.07, 6.45) is 32.8. The molecule has 0 amide bonds. The molecular weight excluding hydrogens is 460 g/mol. The van der Waals surface area contributed by atoms with E-state index in [1.54, 1.807) is 0 Å². The van der Waals surface area contributed by atoms with Crippen molar-refractivity contribution in [2.45, 2.75) is 187 Å². The molecule has 1 N–H and O–H groups in total. The lowest BCUT2D eigenvalue weighted by molar-refractivity contribution is -0.154. The third kappa shape index (κ3) is 29.8. The Morgan fingerprint density at radius 3 is 1.27 bits per heavy atom. The highest BCUT2D eigenvalue weighted by Gasteiger charge is 2.13. The topological polar surface area (TPSA) is 55.8 Å². The van der Waals surface area contributed by atoms with Crippen molar-refractivity contribution in [3.8, 4) is 0 Å². The number of aliphatic hydroxyl groups is 1. The molecule has 0 bridgehead atoms. The van der Waals surface area contributed by atoms with Crippen molar-refractivity contribution in [1.29, 1.82) is 0 Å². The van der Waals surface area contributed by atoms with Crippen LogP contribution in [-0.4, -0.2) is 37.0 Å². The second kappa shape index (κ2) is 31.6. The molecule has 0 aliphatic heterocycles. The van der Waals surface area contributed by atoms with Crippen LogP contribution >= 0.6 is 0 Å². The van der Waals surface area contributed by atoms with Crippen molar-refractivity contribution < 1.29 is 19.4 Å². The molecule has 0 aromatic rings. The van der Waals surface area contributed by atoms with Crippen LogP contribution in [0.3, 0.4) is 0 Å². The molecule has 0 saturated carbocycles. The fourth-order valence-electron chi connectivity index (χ4n) is 4.92. The van der Waals surface area contributed by atoms with Gasteiger partial charge in [0.2, 0.25) is 0 Å². The van der Waals surface area contributed by atoms with Crippen LogP contribution < -0.4 is 0 Å². The Kier molecular flexibility index (Phi) is 31.1. The van der Waals surface area contributed by atoms with Gasteiger partial charge < -0.3 is 14.6 Å². The molecule has 0 radical (unpaired) electrons. The molecular formula is C33H66O4. The first-order valence-electron chi connectivity index (χ1n) is 16.6. The number of unbranched alkanes of at least 4 members (excludes halogenated alkanes) is 23. The Labute approximate surface area is 232 Å². The first-order valence-corrected chi connectivity index (χ1v) is 16.6. The molecule has 1 atom stereocenters. The van der Waals surface area contributed by atoms with E-state index in [1.165, 1.54) is 141 Å². The van der Waals surface area contributed by atoms with E-state index >= 15 is 0 Å². The predicted molar refractivity (Wildman–Crippen MR) is 159 cm³/mol. The summed E-state index contributed by atoms with van der Waals surface area (Å²) in [7, 11) is 0. The fourth-order valence-corrected chi connectivity index (χ4v) is 4.92. The molecule has 37 heavy (non-hydrogen) atoms. The molecule has 222 valence electrons. The summed E-state index contributed by atoms with van der Waals surface area (Å²) in [4.78, 5) is 12.0. The van der Waals surface area contributed by atoms with E-state index in [0.29, 0.717) is 19.6 Å². The lowest BCUT2D eigenvalue weighted by Crippen LogP contribution is -2.27. The van der Waals surface area contributed by atoms with Crippen molar-refractivity contribution in [2.24, 2.45) is 0 Å². The van der Waals surface area contributed by atoms with Gasteiger partial charge in [0.15, 0.2) is 0 Å². The molecule has 1 unspecified atom stereocenters. The van der Waals surface area contributed by atoms with E-state index in [2.05, 4.69) is 13.8 Å². The van der Waals surface area contributed by atoms with Gasteiger partial charge in [-0.2, -0.15) is 0 Å². The minimum Gasteiger partial charge on any atom is -0.457 e. The maximum Gasteiger partial charge on any atom is 0.306 e. The van der Waals surface area contributed by atoms with Crippen molar-refractivity contribution in [3.63, 3.8) is 0 Å². The number of carbonyl (C=O) groups is 1. The number of carbonyl (C=O) groups excluding carboxylic acids is 1. The number of esters is 1. The van der Waals surface area contributed by atoms with E-state index in [9.17, 15) is 9.90 Å². The Morgan fingerprint density at radius 1 is 0.541 bits per heavy atom. The molecule has 4 heteroatoms. The molecule has 0 heterocycles. The van der Waals surface area contributed by atoms with E-state index in [4.69, 9.17) is 9.47 Å². The first-order chi connectivity index (χ1) is 18.2. The maximum atomic E-state index is 12.0. The lowest BCUT2D eigenvalue weighted by atomic mass is 10.0. The summed E-state index contributed by atoms with van der Waals surface area (Å²) < 4.78 is 11.1. The van der Waals surface area contributed by atoms with Crippen LogP contribution in [0.5, 0.6) is 0 Å². The van der Waals surface area contributed by atoms with Gasteiger partial charge in [0.1, 0.15) is 6.10 Å². The van der Waals surface area contributed by atoms with Crippen LogP contribution in [0.2, 0.25) is 0 Å². The normalized spacial score (nSPS) is 12.2. The van der Waals surface area contributed by atoms with Gasteiger partial charge in [0.25, 0.3) is 0 Å². The monoisotopic (exact) mass is 526 g/mol. The smallest absolute Gasteiger partial charge is 0.306 e. The van der Waals surface area contributed by atoms with E-state index in [-0.39, 0.29) is 12.6 Å². The third-order valence-electron chi connectivity index (χ3n) is 7.43. The highest BCUT2D eigenvalue weighted by Crippen LogP contribution is 2.14. The molecule has 0 aliphatic carbocycles. The standard InChI is InChI=1S/C33H66O4/c1-3-5-7-9-11-13-14-15-16-17-18-19-21-23-25-27-29-36-31-32(30-34)37-33(35)28-26-24-22-20-12-10-8-6-4-2/h32,34H,3-31H2,1-2H3. The number of rotatable bonds is 31. The minimum absolute atomic E-state index is 0.164. The average molecular weight is 527 g/mol. The van der Waals surface area contributed by atoms with Crippen LogP contribution in [0.1, 0.15) is 181 Å². The summed E-state index contributed by atoms with van der Waals surface area (Å²) in [6, 6.07) is 0. The van der Waals surface area contributed by atoms with Crippen LogP contribution in [0.4, 0.5) is 0 Å². The number of aliphatic hydroxyl groups excluding tert-OH is 1. The summed E-state index contributed by atoms with van der Waals surface area (Å²) >= 11 is 0. The van der Waals surface area contributed by atoms with Gasteiger partial charge in [0, 0.05) is 13.0 Å². The molecule has 4 nitrogen and oxygen atoms in total. The largest absolute Gasteiger partial charge is 0.457 e. The minimum atomic E-state index is -0.521. The highest BCUT2D eigenvalue weighted by atomic mass is 16.6. The van der Waals surface area contributed by atoms with Crippen molar-refractivity contribution in [1.82, 2.24) is 0 Å². The summed E-state index contributed by atoms with van der Waals surface area (Å²) in [5.74, 6) is -0.201. The zero-order valence-electron chi connectivity index (χ0n) is 25.3. The number of hydrogen-bond donors (Lipinski definition) is 1. The molecule has 0 fully saturated rings. The molecule has 0 rings (SSSR count). The van der Waals surface area contributed by atoms with E-state index in [1.807, 2.05) is 0 Å². The predicted octanol–water partition coefficient (Wildman–Crippen LogP) is 10.1. The Hall–Kier alpha value is -0.610. The van der Waals surface area contributed by atoms with Crippen LogP contribution in [-0.2, 0) is 14.3 Å². The zero-order valence-corrected chi connectivity index (χ0v) is 25.3. The zero-order chi connectivity index (χ0) is 27.1. The van der Waals surface area contributed by atoms with Gasteiger partial charge in [-0.3, -0.25) is 4.79 Å². The number of ether oxygens (including phenoxy) is 2. The van der Waals surface area contributed by atoms with E-state index < -0.39 is 6.10 Å². The van der Waals surface area contributed by atoms with Gasteiger partial charge in [0.05, 0.1) is 13.2 Å². The van der Waals surface area contributed by atoms with Gasteiger partial charge in [-0.15, -0.1) is 0 Å². The van der Waals surface area contributed by atoms with Crippen molar-refractivity contribution in [3.05, 3.63) is 0 Å². The van der Waals surface area contributed by atoms with Gasteiger partial charge in [-0.25, -0.2) is 0 Å². The number of hydrogen-bond acceptors (Lipinski definition) is 4. The Balaban J connectivity index is 3.37. The average Bonchev–Trinajstić information content (AvgIpc) is 2.90. The quantitative estimate of drug-likeness (QED) is 0.0721.